The van der Waals surface area contributed by atoms with Gasteiger partial charge < -0.3 is 4.74 Å². The number of halogens is 2. The average Bonchev–Trinajstić information content (AvgIpc) is 2.69. The van der Waals surface area contributed by atoms with Crippen LogP contribution >= 0.6 is 0 Å². The van der Waals surface area contributed by atoms with Gasteiger partial charge in [0.25, 0.3) is 6.43 Å². The number of methoxy groups -OCH3 is 1. The van der Waals surface area contributed by atoms with Crippen LogP contribution in [0, 0.1) is 13.8 Å². The van der Waals surface area contributed by atoms with Gasteiger partial charge in [-0.15, -0.1) is 0 Å². The molecule has 0 spiro atoms. The van der Waals surface area contributed by atoms with E-state index in [1.165, 1.54) is 4.68 Å². The summed E-state index contributed by atoms with van der Waals surface area (Å²) in [6.45, 7) is 3.11. The maximum atomic E-state index is 12.4. The number of aromatic nitrogens is 3. The molecule has 0 saturated carbocycles. The van der Waals surface area contributed by atoms with Gasteiger partial charge in [-0.3, -0.25) is 0 Å². The van der Waals surface area contributed by atoms with Crippen molar-refractivity contribution in [3.8, 4) is 17.1 Å². The van der Waals surface area contributed by atoms with Crippen molar-refractivity contribution in [1.29, 1.82) is 0 Å². The molecule has 0 saturated heterocycles. The number of alkyl halides is 2. The van der Waals surface area contributed by atoms with E-state index in [0.717, 1.165) is 5.56 Å². The van der Waals surface area contributed by atoms with Crippen LogP contribution in [-0.4, -0.2) is 28.3 Å². The van der Waals surface area contributed by atoms with E-state index in [1.54, 1.807) is 14.0 Å². The predicted molar refractivity (Wildman–Crippen MR) is 67.5 cm³/mol. The molecule has 102 valence electrons. The maximum Gasteiger partial charge on any atom is 0.257 e. The van der Waals surface area contributed by atoms with Crippen LogP contribution in [0.1, 0.15) is 11.4 Å². The zero-order chi connectivity index (χ0) is 14.0. The highest BCUT2D eigenvalue weighted by atomic mass is 19.3. The highest BCUT2D eigenvalue weighted by molar-refractivity contribution is 5.66. The first-order chi connectivity index (χ1) is 9.02. The molecule has 0 N–H and O–H groups in total. The summed E-state index contributed by atoms with van der Waals surface area (Å²) in [5.74, 6) is 1.52. The minimum atomic E-state index is -2.45. The largest absolute Gasteiger partial charge is 0.496 e. The summed E-state index contributed by atoms with van der Waals surface area (Å²) in [6.07, 6.45) is -2.45. The van der Waals surface area contributed by atoms with Gasteiger partial charge in [0.05, 0.1) is 12.7 Å². The Morgan fingerprint density at radius 3 is 2.68 bits per heavy atom. The summed E-state index contributed by atoms with van der Waals surface area (Å²) in [7, 11) is 1.56. The molecule has 0 fully saturated rings. The van der Waals surface area contributed by atoms with Gasteiger partial charge in [-0.1, -0.05) is 12.1 Å². The van der Waals surface area contributed by atoms with Gasteiger partial charge in [0.1, 0.15) is 18.1 Å². The lowest BCUT2D eigenvalue weighted by Crippen LogP contribution is -2.09. The van der Waals surface area contributed by atoms with E-state index in [-0.39, 0.29) is 0 Å². The standard InChI is InChI=1S/C13H15F2N3O/c1-8-5-4-6-10(12(8)19-3)13-16-9(2)18(17-13)7-11(14)15/h4-6,11H,7H2,1-3H3. The van der Waals surface area contributed by atoms with E-state index in [1.807, 2.05) is 25.1 Å². The zero-order valence-corrected chi connectivity index (χ0v) is 11.0. The van der Waals surface area contributed by atoms with Crippen molar-refractivity contribution in [2.45, 2.75) is 26.8 Å². The summed E-state index contributed by atoms with van der Waals surface area (Å²) in [4.78, 5) is 4.22. The molecule has 0 radical (unpaired) electrons. The lowest BCUT2D eigenvalue weighted by atomic mass is 10.1. The number of hydrogen-bond acceptors (Lipinski definition) is 3. The molecule has 1 aromatic carbocycles. The van der Waals surface area contributed by atoms with Crippen molar-refractivity contribution in [3.05, 3.63) is 29.6 Å². The zero-order valence-electron chi connectivity index (χ0n) is 11.0. The van der Waals surface area contributed by atoms with E-state index in [9.17, 15) is 8.78 Å². The Labute approximate surface area is 110 Å². The number of para-hydroxylation sites is 1. The summed E-state index contributed by atoms with van der Waals surface area (Å²) in [5.41, 5.74) is 1.65. The summed E-state index contributed by atoms with van der Waals surface area (Å²) in [5, 5.41) is 4.12. The predicted octanol–water partition coefficient (Wildman–Crippen LogP) is 2.84. The van der Waals surface area contributed by atoms with Gasteiger partial charge >= 0.3 is 0 Å². The highest BCUT2D eigenvalue weighted by Crippen LogP contribution is 2.30. The number of nitrogens with zero attached hydrogens (tertiary/aromatic N) is 3. The minimum Gasteiger partial charge on any atom is -0.496 e. The van der Waals surface area contributed by atoms with Crippen molar-refractivity contribution in [3.63, 3.8) is 0 Å². The Bertz CT molecular complexity index is 581. The van der Waals surface area contributed by atoms with Crippen molar-refractivity contribution < 1.29 is 13.5 Å². The first kappa shape index (κ1) is 13.5. The molecule has 0 atom stereocenters. The number of aryl methyl sites for hydroxylation is 2. The molecule has 0 bridgehead atoms. The molecular weight excluding hydrogens is 252 g/mol. The fourth-order valence-corrected chi connectivity index (χ4v) is 1.94. The molecule has 1 heterocycles. The molecule has 2 aromatic rings. The molecule has 1 aromatic heterocycles. The number of hydrogen-bond donors (Lipinski definition) is 0. The Morgan fingerprint density at radius 2 is 2.05 bits per heavy atom. The van der Waals surface area contributed by atoms with Crippen molar-refractivity contribution in [2.24, 2.45) is 0 Å². The van der Waals surface area contributed by atoms with Crippen LogP contribution in [0.5, 0.6) is 5.75 Å². The third-order valence-electron chi connectivity index (χ3n) is 2.82. The third-order valence-corrected chi connectivity index (χ3v) is 2.82. The molecule has 4 nitrogen and oxygen atoms in total. The quantitative estimate of drug-likeness (QED) is 0.855. The van der Waals surface area contributed by atoms with Crippen molar-refractivity contribution in [1.82, 2.24) is 14.8 Å². The van der Waals surface area contributed by atoms with Gasteiger partial charge in [-0.25, -0.2) is 18.4 Å². The summed E-state index contributed by atoms with van der Waals surface area (Å²) in [6, 6.07) is 5.58. The van der Waals surface area contributed by atoms with Gasteiger partial charge in [0.2, 0.25) is 0 Å². The van der Waals surface area contributed by atoms with E-state index in [2.05, 4.69) is 10.1 Å². The molecule has 0 aliphatic rings. The molecule has 19 heavy (non-hydrogen) atoms. The first-order valence-corrected chi connectivity index (χ1v) is 5.86. The van der Waals surface area contributed by atoms with Gasteiger partial charge in [0, 0.05) is 0 Å². The van der Waals surface area contributed by atoms with Crippen LogP contribution in [0.3, 0.4) is 0 Å². The monoisotopic (exact) mass is 267 g/mol. The Balaban J connectivity index is 2.45. The minimum absolute atomic E-state index is 0.402. The second-order valence-corrected chi connectivity index (χ2v) is 4.21. The SMILES string of the molecule is COc1c(C)cccc1-c1nc(C)n(CC(F)F)n1. The van der Waals surface area contributed by atoms with Crippen LogP contribution in [0.4, 0.5) is 8.78 Å². The fraction of sp³-hybridized carbons (Fsp3) is 0.385. The summed E-state index contributed by atoms with van der Waals surface area (Å²) >= 11 is 0. The molecular formula is C13H15F2N3O. The number of rotatable bonds is 4. The number of benzene rings is 1. The topological polar surface area (TPSA) is 39.9 Å². The van der Waals surface area contributed by atoms with Crippen LogP contribution < -0.4 is 4.74 Å². The van der Waals surface area contributed by atoms with Crippen molar-refractivity contribution >= 4 is 0 Å². The van der Waals surface area contributed by atoms with Gasteiger partial charge in [0.15, 0.2) is 5.82 Å². The fourth-order valence-electron chi connectivity index (χ4n) is 1.94. The van der Waals surface area contributed by atoms with E-state index in [4.69, 9.17) is 4.74 Å². The van der Waals surface area contributed by atoms with Crippen LogP contribution in [-0.2, 0) is 6.54 Å². The first-order valence-electron chi connectivity index (χ1n) is 5.86. The van der Waals surface area contributed by atoms with Crippen LogP contribution in [0.15, 0.2) is 18.2 Å². The Kier molecular flexibility index (Phi) is 3.78. The molecule has 6 heteroatoms. The highest BCUT2D eigenvalue weighted by Gasteiger charge is 2.16. The molecule has 0 aliphatic heterocycles. The molecule has 0 aliphatic carbocycles. The third kappa shape index (κ3) is 2.72. The number of ether oxygens (including phenoxy) is 1. The normalized spacial score (nSPS) is 11.1. The lowest BCUT2D eigenvalue weighted by Gasteiger charge is -2.08. The lowest BCUT2D eigenvalue weighted by molar-refractivity contribution is 0.121. The van der Waals surface area contributed by atoms with Gasteiger partial charge in [-0.2, -0.15) is 5.10 Å². The van der Waals surface area contributed by atoms with E-state index in [0.29, 0.717) is 23.0 Å². The molecule has 0 unspecified atom stereocenters. The molecule has 0 amide bonds. The Hall–Kier alpha value is -1.98. The second-order valence-electron chi connectivity index (χ2n) is 4.21. The maximum absolute atomic E-state index is 12.4. The van der Waals surface area contributed by atoms with E-state index >= 15 is 0 Å². The van der Waals surface area contributed by atoms with E-state index < -0.39 is 13.0 Å². The van der Waals surface area contributed by atoms with Gasteiger partial charge in [-0.05, 0) is 25.5 Å². The second kappa shape index (κ2) is 5.34. The average molecular weight is 267 g/mol. The van der Waals surface area contributed by atoms with Crippen LogP contribution in [0.2, 0.25) is 0 Å². The Morgan fingerprint density at radius 1 is 1.32 bits per heavy atom. The summed E-state index contributed by atoms with van der Waals surface area (Å²) < 4.78 is 31.4. The smallest absolute Gasteiger partial charge is 0.257 e. The molecule has 2 rings (SSSR count). The van der Waals surface area contributed by atoms with Crippen molar-refractivity contribution in [2.75, 3.05) is 7.11 Å². The van der Waals surface area contributed by atoms with Crippen LogP contribution in [0.25, 0.3) is 11.4 Å².